The average Bonchev–Trinajstić information content (AvgIpc) is 2.93. The van der Waals surface area contributed by atoms with Gasteiger partial charge in [0.1, 0.15) is 0 Å². The summed E-state index contributed by atoms with van der Waals surface area (Å²) in [5, 5.41) is 4.23. The summed E-state index contributed by atoms with van der Waals surface area (Å²) in [5.41, 5.74) is 5.64. The van der Waals surface area contributed by atoms with Gasteiger partial charge < -0.3 is 5.32 Å². The van der Waals surface area contributed by atoms with Crippen molar-refractivity contribution in [1.82, 2.24) is 5.32 Å². The molecule has 0 heterocycles. The normalized spacial score (nSPS) is 15.1. The molecule has 3 rings (SSSR count). The maximum absolute atomic E-state index is 6.32. The highest BCUT2D eigenvalue weighted by Crippen LogP contribution is 2.28. The molecule has 0 spiro atoms. The fourth-order valence-electron chi connectivity index (χ4n) is 3.11. The van der Waals surface area contributed by atoms with Crippen LogP contribution >= 0.6 is 11.6 Å². The lowest BCUT2D eigenvalue weighted by atomic mass is 9.96. The number of halogens is 1. The van der Waals surface area contributed by atoms with E-state index in [-0.39, 0.29) is 6.04 Å². The van der Waals surface area contributed by atoms with Crippen molar-refractivity contribution >= 4 is 11.6 Å². The topological polar surface area (TPSA) is 12.0 Å². The molecule has 0 amide bonds. The van der Waals surface area contributed by atoms with Gasteiger partial charge in [0, 0.05) is 11.1 Å². The number of rotatable bonds is 4. The smallest absolute Gasteiger partial charge is 0.0453 e. The molecule has 0 saturated carbocycles. The van der Waals surface area contributed by atoms with E-state index in [4.69, 9.17) is 11.6 Å². The van der Waals surface area contributed by atoms with Crippen LogP contribution in [-0.4, -0.2) is 7.05 Å². The number of hydrogen-bond acceptors (Lipinski definition) is 1. The molecule has 0 saturated heterocycles. The van der Waals surface area contributed by atoms with Gasteiger partial charge in [-0.15, -0.1) is 0 Å². The van der Waals surface area contributed by atoms with Crippen LogP contribution in [0.5, 0.6) is 0 Å². The van der Waals surface area contributed by atoms with Gasteiger partial charge in [0.25, 0.3) is 0 Å². The molecule has 1 atom stereocenters. The first-order valence-corrected chi connectivity index (χ1v) is 7.68. The van der Waals surface area contributed by atoms with Crippen LogP contribution in [0.1, 0.15) is 34.7 Å². The van der Waals surface area contributed by atoms with E-state index < -0.39 is 0 Å². The van der Waals surface area contributed by atoms with Gasteiger partial charge in [-0.2, -0.15) is 0 Å². The Hall–Kier alpha value is -1.31. The molecular formula is C18H20ClN. The van der Waals surface area contributed by atoms with E-state index in [1.165, 1.54) is 41.5 Å². The molecule has 1 N–H and O–H groups in total. The van der Waals surface area contributed by atoms with Crippen molar-refractivity contribution in [2.45, 2.75) is 31.7 Å². The molecule has 2 heteroatoms. The minimum atomic E-state index is 0.267. The van der Waals surface area contributed by atoms with Gasteiger partial charge in [-0.1, -0.05) is 48.0 Å². The zero-order valence-electron chi connectivity index (χ0n) is 11.8. The van der Waals surface area contributed by atoms with Crippen LogP contribution in [0.2, 0.25) is 5.02 Å². The van der Waals surface area contributed by atoms with Crippen LogP contribution in [0.3, 0.4) is 0 Å². The third-order valence-corrected chi connectivity index (χ3v) is 4.58. The van der Waals surface area contributed by atoms with Crippen molar-refractivity contribution in [3.63, 3.8) is 0 Å². The van der Waals surface area contributed by atoms with E-state index >= 15 is 0 Å². The fraction of sp³-hybridized carbons (Fsp3) is 0.333. The first kappa shape index (κ1) is 13.7. The monoisotopic (exact) mass is 285 g/mol. The second kappa shape index (κ2) is 5.99. The van der Waals surface area contributed by atoms with Crippen LogP contribution in [0, 0.1) is 0 Å². The molecule has 2 aromatic rings. The minimum absolute atomic E-state index is 0.267. The highest BCUT2D eigenvalue weighted by Gasteiger charge is 2.15. The molecule has 1 aliphatic carbocycles. The Balaban J connectivity index is 1.83. The van der Waals surface area contributed by atoms with Gasteiger partial charge in [0.05, 0.1) is 0 Å². The lowest BCUT2D eigenvalue weighted by Gasteiger charge is -2.18. The summed E-state index contributed by atoms with van der Waals surface area (Å²) < 4.78 is 0. The number of hydrogen-bond donors (Lipinski definition) is 1. The molecule has 20 heavy (non-hydrogen) atoms. The van der Waals surface area contributed by atoms with E-state index in [2.05, 4.69) is 29.6 Å². The molecule has 0 fully saturated rings. The van der Waals surface area contributed by atoms with Gasteiger partial charge in [-0.3, -0.25) is 0 Å². The van der Waals surface area contributed by atoms with Crippen LogP contribution in [0.15, 0.2) is 42.5 Å². The van der Waals surface area contributed by atoms with E-state index in [9.17, 15) is 0 Å². The summed E-state index contributed by atoms with van der Waals surface area (Å²) in [6, 6.07) is 15.3. The third-order valence-electron chi connectivity index (χ3n) is 4.23. The number of aryl methyl sites for hydroxylation is 2. The molecule has 104 valence electrons. The third kappa shape index (κ3) is 2.74. The van der Waals surface area contributed by atoms with E-state index in [1.54, 1.807) is 0 Å². The summed E-state index contributed by atoms with van der Waals surface area (Å²) in [6.45, 7) is 0. The van der Waals surface area contributed by atoms with Crippen LogP contribution in [0.4, 0.5) is 0 Å². The van der Waals surface area contributed by atoms with Crippen LogP contribution in [-0.2, 0) is 19.3 Å². The highest BCUT2D eigenvalue weighted by molar-refractivity contribution is 6.31. The predicted octanol–water partition coefficient (Wildman–Crippen LogP) is 4.33. The zero-order valence-corrected chi connectivity index (χ0v) is 12.6. The van der Waals surface area contributed by atoms with E-state index in [0.717, 1.165) is 11.4 Å². The Bertz CT molecular complexity index is 606. The molecule has 2 aromatic carbocycles. The summed E-state index contributed by atoms with van der Waals surface area (Å²) >= 11 is 6.32. The Morgan fingerprint density at radius 2 is 1.90 bits per heavy atom. The number of benzene rings is 2. The first-order chi connectivity index (χ1) is 9.78. The van der Waals surface area contributed by atoms with Gasteiger partial charge in [0.15, 0.2) is 0 Å². The standard InChI is InChI=1S/C18H20ClN/c1-20-18(16-7-2-3-8-17(16)19)12-13-9-10-14-5-4-6-15(14)11-13/h2-3,7-11,18,20H,4-6,12H2,1H3. The fourth-order valence-corrected chi connectivity index (χ4v) is 3.38. The van der Waals surface area contributed by atoms with Gasteiger partial charge >= 0.3 is 0 Å². The number of fused-ring (bicyclic) bond motifs is 1. The molecule has 1 nitrogen and oxygen atoms in total. The highest BCUT2D eigenvalue weighted by atomic mass is 35.5. The summed E-state index contributed by atoms with van der Waals surface area (Å²) in [4.78, 5) is 0. The largest absolute Gasteiger partial charge is 0.313 e. The SMILES string of the molecule is CNC(Cc1ccc2c(c1)CCC2)c1ccccc1Cl. The van der Waals surface area contributed by atoms with E-state index in [1.807, 2.05) is 25.2 Å². The second-order valence-corrected chi connectivity index (χ2v) is 5.93. The second-order valence-electron chi connectivity index (χ2n) is 5.52. The van der Waals surface area contributed by atoms with Crippen molar-refractivity contribution in [3.8, 4) is 0 Å². The zero-order chi connectivity index (χ0) is 13.9. The van der Waals surface area contributed by atoms with Crippen molar-refractivity contribution < 1.29 is 0 Å². The Labute approximate surface area is 126 Å². The minimum Gasteiger partial charge on any atom is -0.313 e. The number of likely N-dealkylation sites (N-methyl/N-ethyl adjacent to an activating group) is 1. The maximum atomic E-state index is 6.32. The van der Waals surface area contributed by atoms with Crippen molar-refractivity contribution in [3.05, 3.63) is 69.7 Å². The molecule has 0 bridgehead atoms. The summed E-state index contributed by atoms with van der Waals surface area (Å²) in [7, 11) is 2.00. The predicted molar refractivity (Wildman–Crippen MR) is 85.4 cm³/mol. The van der Waals surface area contributed by atoms with Crippen molar-refractivity contribution in [1.29, 1.82) is 0 Å². The lowest BCUT2D eigenvalue weighted by Crippen LogP contribution is -2.19. The van der Waals surface area contributed by atoms with Crippen LogP contribution < -0.4 is 5.32 Å². The van der Waals surface area contributed by atoms with Gasteiger partial charge in [-0.05, 0) is 61.1 Å². The Morgan fingerprint density at radius 3 is 2.70 bits per heavy atom. The number of nitrogens with one attached hydrogen (secondary N) is 1. The summed E-state index contributed by atoms with van der Waals surface area (Å²) in [6.07, 6.45) is 4.77. The van der Waals surface area contributed by atoms with E-state index in [0.29, 0.717) is 0 Å². The van der Waals surface area contributed by atoms with Gasteiger partial charge in [-0.25, -0.2) is 0 Å². The molecule has 0 radical (unpaired) electrons. The van der Waals surface area contributed by atoms with Crippen molar-refractivity contribution in [2.24, 2.45) is 0 Å². The molecule has 1 unspecified atom stereocenters. The molecular weight excluding hydrogens is 266 g/mol. The summed E-state index contributed by atoms with van der Waals surface area (Å²) in [5.74, 6) is 0. The lowest BCUT2D eigenvalue weighted by molar-refractivity contribution is 0.592. The molecule has 0 aromatic heterocycles. The molecule has 0 aliphatic heterocycles. The van der Waals surface area contributed by atoms with Crippen molar-refractivity contribution in [2.75, 3.05) is 7.05 Å². The van der Waals surface area contributed by atoms with Crippen LogP contribution in [0.25, 0.3) is 0 Å². The van der Waals surface area contributed by atoms with Gasteiger partial charge in [0.2, 0.25) is 0 Å². The first-order valence-electron chi connectivity index (χ1n) is 7.30. The maximum Gasteiger partial charge on any atom is 0.0453 e. The Kier molecular flexibility index (Phi) is 4.09. The quantitative estimate of drug-likeness (QED) is 0.881. The average molecular weight is 286 g/mol. The molecule has 1 aliphatic rings. The Morgan fingerprint density at radius 1 is 1.10 bits per heavy atom.